The lowest BCUT2D eigenvalue weighted by atomic mass is 10.1. The van der Waals surface area contributed by atoms with Crippen molar-refractivity contribution < 1.29 is 28.3 Å². The second-order valence-corrected chi connectivity index (χ2v) is 6.00. The molecular weight excluding hydrogens is 371 g/mol. The molecule has 2 aromatic carbocycles. The Hall–Kier alpha value is -3.20. The summed E-state index contributed by atoms with van der Waals surface area (Å²) in [6.45, 7) is 2.19. The van der Waals surface area contributed by atoms with Crippen molar-refractivity contribution >= 4 is 17.3 Å². The SMILES string of the molecule is O=C(OCCOc1ccc(F)cc1)c1cc([N+](=O)[O-])ccc1N1CCOCC1. The van der Waals surface area contributed by atoms with Crippen molar-refractivity contribution in [3.63, 3.8) is 0 Å². The maximum absolute atomic E-state index is 12.9. The zero-order valence-electron chi connectivity index (χ0n) is 15.0. The predicted octanol–water partition coefficient (Wildman–Crippen LogP) is 2.81. The van der Waals surface area contributed by atoms with Gasteiger partial charge in [-0.05, 0) is 30.3 Å². The highest BCUT2D eigenvalue weighted by molar-refractivity contribution is 5.96. The van der Waals surface area contributed by atoms with Crippen molar-refractivity contribution in [1.82, 2.24) is 0 Å². The smallest absolute Gasteiger partial charge is 0.340 e. The number of morpholine rings is 1. The van der Waals surface area contributed by atoms with E-state index < -0.39 is 10.9 Å². The van der Waals surface area contributed by atoms with E-state index in [-0.39, 0.29) is 30.3 Å². The van der Waals surface area contributed by atoms with Crippen molar-refractivity contribution in [3.05, 3.63) is 64.0 Å². The zero-order chi connectivity index (χ0) is 19.9. The van der Waals surface area contributed by atoms with Crippen LogP contribution in [0.25, 0.3) is 0 Å². The molecule has 1 aliphatic heterocycles. The number of benzene rings is 2. The molecule has 1 aliphatic rings. The van der Waals surface area contributed by atoms with Gasteiger partial charge in [0.1, 0.15) is 24.8 Å². The fraction of sp³-hybridized carbons (Fsp3) is 0.316. The molecule has 148 valence electrons. The van der Waals surface area contributed by atoms with Crippen LogP contribution in [0.3, 0.4) is 0 Å². The van der Waals surface area contributed by atoms with Crippen LogP contribution in [0.5, 0.6) is 5.75 Å². The minimum absolute atomic E-state index is 0.0541. The van der Waals surface area contributed by atoms with Gasteiger partial charge in [-0.1, -0.05) is 0 Å². The van der Waals surface area contributed by atoms with Crippen LogP contribution in [0.1, 0.15) is 10.4 Å². The second kappa shape index (κ2) is 9.14. The molecule has 0 bridgehead atoms. The first kappa shape index (κ1) is 19.6. The van der Waals surface area contributed by atoms with Gasteiger partial charge in [0.05, 0.1) is 29.4 Å². The average Bonchev–Trinajstić information content (AvgIpc) is 2.72. The Labute approximate surface area is 160 Å². The number of anilines is 1. The maximum atomic E-state index is 12.9. The van der Waals surface area contributed by atoms with Crippen LogP contribution in [0.4, 0.5) is 15.8 Å². The highest BCUT2D eigenvalue weighted by atomic mass is 19.1. The van der Waals surface area contributed by atoms with Gasteiger partial charge in [-0.15, -0.1) is 0 Å². The molecule has 0 unspecified atom stereocenters. The molecule has 2 aromatic rings. The number of carbonyl (C=O) groups is 1. The molecule has 0 atom stereocenters. The Balaban J connectivity index is 1.65. The van der Waals surface area contributed by atoms with E-state index in [9.17, 15) is 19.3 Å². The summed E-state index contributed by atoms with van der Waals surface area (Å²) >= 11 is 0. The molecule has 1 heterocycles. The number of hydrogen-bond donors (Lipinski definition) is 0. The molecule has 1 saturated heterocycles. The van der Waals surface area contributed by atoms with Crippen LogP contribution in [-0.4, -0.2) is 50.4 Å². The van der Waals surface area contributed by atoms with Crippen LogP contribution in [0.2, 0.25) is 0 Å². The van der Waals surface area contributed by atoms with Gasteiger partial charge in [0.15, 0.2) is 0 Å². The minimum atomic E-state index is -0.673. The van der Waals surface area contributed by atoms with E-state index >= 15 is 0 Å². The largest absolute Gasteiger partial charge is 0.490 e. The normalized spacial score (nSPS) is 13.8. The third-order valence-corrected chi connectivity index (χ3v) is 4.16. The van der Waals surface area contributed by atoms with Gasteiger partial charge >= 0.3 is 5.97 Å². The summed E-state index contributed by atoms with van der Waals surface area (Å²) in [6.07, 6.45) is 0. The van der Waals surface area contributed by atoms with Gasteiger partial charge in [0, 0.05) is 25.2 Å². The lowest BCUT2D eigenvalue weighted by Gasteiger charge is -2.30. The number of carbonyl (C=O) groups excluding carboxylic acids is 1. The molecule has 0 amide bonds. The molecule has 0 aliphatic carbocycles. The van der Waals surface area contributed by atoms with Crippen LogP contribution >= 0.6 is 0 Å². The van der Waals surface area contributed by atoms with Gasteiger partial charge in [-0.25, -0.2) is 9.18 Å². The van der Waals surface area contributed by atoms with E-state index in [1.54, 1.807) is 6.07 Å². The summed E-state index contributed by atoms with van der Waals surface area (Å²) < 4.78 is 28.8. The fourth-order valence-electron chi connectivity index (χ4n) is 2.78. The number of esters is 1. The summed E-state index contributed by atoms with van der Waals surface area (Å²) in [4.78, 5) is 25.0. The lowest BCUT2D eigenvalue weighted by Crippen LogP contribution is -2.37. The first-order valence-corrected chi connectivity index (χ1v) is 8.71. The van der Waals surface area contributed by atoms with Crippen molar-refractivity contribution in [2.75, 3.05) is 44.4 Å². The van der Waals surface area contributed by atoms with Crippen LogP contribution in [0, 0.1) is 15.9 Å². The summed E-state index contributed by atoms with van der Waals surface area (Å²) in [6, 6.07) is 9.59. The first-order valence-electron chi connectivity index (χ1n) is 8.71. The second-order valence-electron chi connectivity index (χ2n) is 6.00. The highest BCUT2D eigenvalue weighted by Gasteiger charge is 2.23. The summed E-state index contributed by atoms with van der Waals surface area (Å²) in [7, 11) is 0. The van der Waals surface area contributed by atoms with Crippen molar-refractivity contribution in [3.8, 4) is 5.75 Å². The number of nitrogens with zero attached hydrogens (tertiary/aromatic N) is 2. The summed E-state index contributed by atoms with van der Waals surface area (Å²) in [5, 5.41) is 11.1. The van der Waals surface area contributed by atoms with Gasteiger partial charge in [0.25, 0.3) is 5.69 Å². The van der Waals surface area contributed by atoms with Gasteiger partial charge in [-0.2, -0.15) is 0 Å². The number of rotatable bonds is 7. The van der Waals surface area contributed by atoms with Crippen molar-refractivity contribution in [2.45, 2.75) is 0 Å². The average molecular weight is 390 g/mol. The lowest BCUT2D eigenvalue weighted by molar-refractivity contribution is -0.384. The van der Waals surface area contributed by atoms with Gasteiger partial charge < -0.3 is 19.1 Å². The quantitative estimate of drug-likeness (QED) is 0.311. The number of halogens is 1. The summed E-state index contributed by atoms with van der Waals surface area (Å²) in [5.74, 6) is -0.602. The third kappa shape index (κ3) is 4.95. The van der Waals surface area contributed by atoms with Crippen LogP contribution in [-0.2, 0) is 9.47 Å². The fourth-order valence-corrected chi connectivity index (χ4v) is 2.78. The topological polar surface area (TPSA) is 91.1 Å². The molecule has 0 saturated carbocycles. The number of nitro benzene ring substituents is 1. The Morgan fingerprint density at radius 1 is 1.14 bits per heavy atom. The number of hydrogen-bond acceptors (Lipinski definition) is 7. The van der Waals surface area contributed by atoms with Crippen LogP contribution in [0.15, 0.2) is 42.5 Å². The Morgan fingerprint density at radius 3 is 2.54 bits per heavy atom. The minimum Gasteiger partial charge on any atom is -0.490 e. The Kier molecular flexibility index (Phi) is 6.38. The van der Waals surface area contributed by atoms with Crippen molar-refractivity contribution in [1.29, 1.82) is 0 Å². The van der Waals surface area contributed by atoms with E-state index in [4.69, 9.17) is 14.2 Å². The van der Waals surface area contributed by atoms with Crippen molar-refractivity contribution in [2.24, 2.45) is 0 Å². The monoisotopic (exact) mass is 390 g/mol. The zero-order valence-corrected chi connectivity index (χ0v) is 15.0. The van der Waals surface area contributed by atoms with E-state index in [2.05, 4.69) is 0 Å². The molecule has 8 nitrogen and oxygen atoms in total. The molecule has 9 heteroatoms. The number of nitro groups is 1. The molecule has 0 N–H and O–H groups in total. The van der Waals surface area contributed by atoms with Gasteiger partial charge in [-0.3, -0.25) is 10.1 Å². The maximum Gasteiger partial charge on any atom is 0.340 e. The number of ether oxygens (including phenoxy) is 3. The van der Waals surface area contributed by atoms with Gasteiger partial charge in [0.2, 0.25) is 0 Å². The Morgan fingerprint density at radius 2 is 1.86 bits per heavy atom. The van der Waals surface area contributed by atoms with Crippen LogP contribution < -0.4 is 9.64 Å². The highest BCUT2D eigenvalue weighted by Crippen LogP contribution is 2.27. The molecule has 0 aromatic heterocycles. The molecular formula is C19H19FN2O6. The summed E-state index contributed by atoms with van der Waals surface area (Å²) in [5.41, 5.74) is 0.503. The van der Waals surface area contributed by atoms with E-state index in [0.717, 1.165) is 0 Å². The number of non-ortho nitro benzene ring substituents is 1. The third-order valence-electron chi connectivity index (χ3n) is 4.16. The van der Waals surface area contributed by atoms with E-state index in [0.29, 0.717) is 37.7 Å². The molecule has 3 rings (SSSR count). The Bertz CT molecular complexity index is 837. The predicted molar refractivity (Wildman–Crippen MR) is 98.3 cm³/mol. The van der Waals surface area contributed by atoms with E-state index in [1.165, 1.54) is 36.4 Å². The first-order chi connectivity index (χ1) is 13.5. The standard InChI is InChI=1S/C19H19FN2O6/c20-14-1-4-16(5-2-14)27-11-12-28-19(23)17-13-15(22(24)25)3-6-18(17)21-7-9-26-10-8-21/h1-6,13H,7-12H2. The van der Waals surface area contributed by atoms with E-state index in [1.807, 2.05) is 4.90 Å². The molecule has 28 heavy (non-hydrogen) atoms. The molecule has 0 spiro atoms. The molecule has 0 radical (unpaired) electrons. The molecule has 1 fully saturated rings.